The van der Waals surface area contributed by atoms with Crippen molar-refractivity contribution in [3.05, 3.63) is 0 Å². The van der Waals surface area contributed by atoms with Crippen LogP contribution in [0, 0.1) is 11.8 Å². The fraction of sp³-hybridized carbons (Fsp3) is 0.727. The summed E-state index contributed by atoms with van der Waals surface area (Å²) in [6.45, 7) is 2.55. The van der Waals surface area contributed by atoms with Crippen molar-refractivity contribution in [2.75, 3.05) is 20.1 Å². The van der Waals surface area contributed by atoms with Crippen molar-refractivity contribution in [2.24, 2.45) is 11.8 Å². The minimum absolute atomic E-state index is 0.178. The van der Waals surface area contributed by atoms with Crippen LogP contribution in [0.15, 0.2) is 0 Å². The normalized spacial score (nSPS) is 30.8. The zero-order valence-electron chi connectivity index (χ0n) is 9.92. The smallest absolute Gasteiger partial charge is 0.320 e. The second-order valence-corrected chi connectivity index (χ2v) is 4.66. The Morgan fingerprint density at radius 1 is 1.35 bits per heavy atom. The summed E-state index contributed by atoms with van der Waals surface area (Å²) in [6.07, 6.45) is 0.479. The fourth-order valence-electron chi connectivity index (χ4n) is 2.78. The second-order valence-electron chi connectivity index (χ2n) is 4.66. The summed E-state index contributed by atoms with van der Waals surface area (Å²) in [5.74, 6) is -1.94. The van der Waals surface area contributed by atoms with Gasteiger partial charge in [0.05, 0.1) is 11.8 Å². The van der Waals surface area contributed by atoms with E-state index < -0.39 is 12.0 Å². The van der Waals surface area contributed by atoms with E-state index in [2.05, 4.69) is 0 Å². The number of hydrogen-bond acceptors (Lipinski definition) is 4. The number of nitrogens with zero attached hydrogens (tertiary/aromatic N) is 2. The van der Waals surface area contributed by atoms with E-state index >= 15 is 0 Å². The van der Waals surface area contributed by atoms with Crippen LogP contribution in [0.3, 0.4) is 0 Å². The second kappa shape index (κ2) is 4.10. The van der Waals surface area contributed by atoms with Crippen LogP contribution in [0.25, 0.3) is 0 Å². The number of imide groups is 1. The Balaban J connectivity index is 2.14. The predicted octanol–water partition coefficient (Wildman–Crippen LogP) is -0.604. The third kappa shape index (κ3) is 1.72. The fourth-order valence-corrected chi connectivity index (χ4v) is 2.78. The maximum Gasteiger partial charge on any atom is 0.320 e. The van der Waals surface area contributed by atoms with Crippen LogP contribution < -0.4 is 0 Å². The highest BCUT2D eigenvalue weighted by atomic mass is 16.4. The lowest BCUT2D eigenvalue weighted by molar-refractivity contribution is -0.145. The quantitative estimate of drug-likeness (QED) is 0.666. The number of carbonyl (C=O) groups excluding carboxylic acids is 2. The molecule has 2 saturated heterocycles. The molecule has 6 heteroatoms. The largest absolute Gasteiger partial charge is 0.480 e. The van der Waals surface area contributed by atoms with Gasteiger partial charge >= 0.3 is 5.97 Å². The van der Waals surface area contributed by atoms with Gasteiger partial charge in [0.2, 0.25) is 11.8 Å². The van der Waals surface area contributed by atoms with E-state index in [1.54, 1.807) is 11.8 Å². The van der Waals surface area contributed by atoms with E-state index in [1.807, 2.05) is 0 Å². The summed E-state index contributed by atoms with van der Waals surface area (Å²) in [5, 5.41) is 9.06. The maximum atomic E-state index is 11.8. The van der Waals surface area contributed by atoms with Crippen molar-refractivity contribution < 1.29 is 19.5 Å². The van der Waals surface area contributed by atoms with E-state index in [0.717, 1.165) is 4.90 Å². The number of carbonyl (C=O) groups is 3. The van der Waals surface area contributed by atoms with Crippen LogP contribution in [-0.4, -0.2) is 58.9 Å². The maximum absolute atomic E-state index is 11.8. The zero-order chi connectivity index (χ0) is 12.7. The van der Waals surface area contributed by atoms with E-state index in [-0.39, 0.29) is 23.7 Å². The molecule has 2 amide bonds. The van der Waals surface area contributed by atoms with E-state index in [1.165, 1.54) is 7.05 Å². The van der Waals surface area contributed by atoms with E-state index in [4.69, 9.17) is 5.11 Å². The summed E-state index contributed by atoms with van der Waals surface area (Å²) in [5.41, 5.74) is 0. The first kappa shape index (κ1) is 12.0. The molecule has 94 valence electrons. The van der Waals surface area contributed by atoms with Gasteiger partial charge < -0.3 is 5.11 Å². The SMILES string of the molecule is CC[C@H](C(=O)O)N1C[C@@H]2C(=O)N(C)C(=O)[C@@H]2C1. The Morgan fingerprint density at radius 3 is 2.18 bits per heavy atom. The van der Waals surface area contributed by atoms with Gasteiger partial charge in [-0.05, 0) is 6.42 Å². The highest BCUT2D eigenvalue weighted by Gasteiger charge is 2.52. The summed E-state index contributed by atoms with van der Waals surface area (Å²) in [7, 11) is 1.49. The number of aliphatic carboxylic acids is 1. The summed E-state index contributed by atoms with van der Waals surface area (Å²) in [6, 6.07) is -0.591. The Hall–Kier alpha value is -1.43. The Morgan fingerprint density at radius 2 is 1.82 bits per heavy atom. The lowest BCUT2D eigenvalue weighted by Crippen LogP contribution is -2.42. The molecule has 2 fully saturated rings. The highest BCUT2D eigenvalue weighted by molar-refractivity contribution is 6.05. The van der Waals surface area contributed by atoms with Crippen molar-refractivity contribution in [1.29, 1.82) is 0 Å². The van der Waals surface area contributed by atoms with Crippen molar-refractivity contribution in [3.63, 3.8) is 0 Å². The summed E-state index contributed by atoms with van der Waals surface area (Å²) < 4.78 is 0. The van der Waals surface area contributed by atoms with Crippen molar-refractivity contribution >= 4 is 17.8 Å². The van der Waals surface area contributed by atoms with Crippen LogP contribution in [0.4, 0.5) is 0 Å². The molecule has 6 nitrogen and oxygen atoms in total. The number of likely N-dealkylation sites (tertiary alicyclic amines) is 2. The van der Waals surface area contributed by atoms with Crippen LogP contribution in [0.5, 0.6) is 0 Å². The third-order valence-corrected chi connectivity index (χ3v) is 3.76. The van der Waals surface area contributed by atoms with Crippen LogP contribution in [-0.2, 0) is 14.4 Å². The van der Waals surface area contributed by atoms with Gasteiger partial charge in [-0.15, -0.1) is 0 Å². The molecule has 0 aromatic heterocycles. The van der Waals surface area contributed by atoms with Gasteiger partial charge in [0.25, 0.3) is 0 Å². The topological polar surface area (TPSA) is 77.9 Å². The van der Waals surface area contributed by atoms with Gasteiger partial charge in [0.1, 0.15) is 6.04 Å². The molecule has 2 heterocycles. The van der Waals surface area contributed by atoms with Gasteiger partial charge in [-0.2, -0.15) is 0 Å². The van der Waals surface area contributed by atoms with Crippen molar-refractivity contribution in [3.8, 4) is 0 Å². The van der Waals surface area contributed by atoms with Gasteiger partial charge in [0, 0.05) is 20.1 Å². The number of hydrogen-bond donors (Lipinski definition) is 1. The number of carboxylic acids is 1. The predicted molar refractivity (Wildman–Crippen MR) is 58.0 cm³/mol. The molecule has 2 aliphatic heterocycles. The molecule has 0 aromatic carbocycles. The zero-order valence-corrected chi connectivity index (χ0v) is 9.92. The molecule has 1 N–H and O–H groups in total. The van der Waals surface area contributed by atoms with Gasteiger partial charge in [0.15, 0.2) is 0 Å². The standard InChI is InChI=1S/C11H16N2O4/c1-3-8(11(16)17)13-4-6-7(5-13)10(15)12(2)9(6)14/h6-8H,3-5H2,1-2H3,(H,16,17)/t6-,7+,8-/m1/s1. The lowest BCUT2D eigenvalue weighted by atomic mass is 10.00. The molecule has 0 radical (unpaired) electrons. The van der Waals surface area contributed by atoms with Crippen LogP contribution in [0.1, 0.15) is 13.3 Å². The summed E-state index contributed by atoms with van der Waals surface area (Å²) >= 11 is 0. The molecule has 2 rings (SSSR count). The molecule has 0 aliphatic carbocycles. The first-order valence-corrected chi connectivity index (χ1v) is 5.75. The van der Waals surface area contributed by atoms with Gasteiger partial charge in [-0.3, -0.25) is 24.2 Å². The van der Waals surface area contributed by atoms with E-state index in [9.17, 15) is 14.4 Å². The molecular formula is C11H16N2O4. The molecule has 17 heavy (non-hydrogen) atoms. The average molecular weight is 240 g/mol. The lowest BCUT2D eigenvalue weighted by Gasteiger charge is -2.24. The van der Waals surface area contributed by atoms with Crippen molar-refractivity contribution in [1.82, 2.24) is 9.80 Å². The molecule has 0 saturated carbocycles. The van der Waals surface area contributed by atoms with Crippen molar-refractivity contribution in [2.45, 2.75) is 19.4 Å². The number of rotatable bonds is 3. The molecule has 0 unspecified atom stereocenters. The molecule has 0 bridgehead atoms. The Bertz CT molecular complexity index is 358. The van der Waals surface area contributed by atoms with Gasteiger partial charge in [-0.25, -0.2) is 0 Å². The highest BCUT2D eigenvalue weighted by Crippen LogP contribution is 2.33. The summed E-state index contributed by atoms with van der Waals surface area (Å²) in [4.78, 5) is 37.4. The number of amides is 2. The molecular weight excluding hydrogens is 224 g/mol. The number of carboxylic acid groups (broad SMARTS) is 1. The van der Waals surface area contributed by atoms with Crippen LogP contribution >= 0.6 is 0 Å². The average Bonchev–Trinajstić information content (AvgIpc) is 2.77. The Labute approximate surface area is 99.2 Å². The molecule has 3 atom stereocenters. The van der Waals surface area contributed by atoms with Gasteiger partial charge in [-0.1, -0.05) is 6.92 Å². The third-order valence-electron chi connectivity index (χ3n) is 3.76. The monoisotopic (exact) mass is 240 g/mol. The minimum Gasteiger partial charge on any atom is -0.480 e. The van der Waals surface area contributed by atoms with Crippen LogP contribution in [0.2, 0.25) is 0 Å². The first-order chi connectivity index (χ1) is 7.97. The molecule has 2 aliphatic rings. The first-order valence-electron chi connectivity index (χ1n) is 5.75. The Kier molecular flexibility index (Phi) is 2.91. The minimum atomic E-state index is -0.888. The van der Waals surface area contributed by atoms with E-state index in [0.29, 0.717) is 19.5 Å². The number of fused-ring (bicyclic) bond motifs is 1. The molecule has 0 spiro atoms. The molecule has 0 aromatic rings.